The summed E-state index contributed by atoms with van der Waals surface area (Å²) in [4.78, 5) is 38.1. The number of rotatable bonds is 4. The number of amides is 2. The highest BCUT2D eigenvalue weighted by atomic mass is 16.4. The van der Waals surface area contributed by atoms with Crippen LogP contribution >= 0.6 is 0 Å². The minimum atomic E-state index is -0.443. The van der Waals surface area contributed by atoms with E-state index in [1.165, 1.54) is 13.0 Å². The van der Waals surface area contributed by atoms with Gasteiger partial charge in [0.05, 0.1) is 0 Å². The molecule has 2 heterocycles. The van der Waals surface area contributed by atoms with Gasteiger partial charge in [0.25, 0.3) is 5.91 Å². The summed E-state index contributed by atoms with van der Waals surface area (Å²) in [6.07, 6.45) is 0.853. The highest BCUT2D eigenvalue weighted by Gasteiger charge is 2.27. The van der Waals surface area contributed by atoms with Gasteiger partial charge >= 0.3 is 5.63 Å². The molecule has 1 N–H and O–H groups in total. The van der Waals surface area contributed by atoms with E-state index in [0.29, 0.717) is 30.8 Å². The Hall–Kier alpha value is -3.41. The molecule has 1 aromatic heterocycles. The second-order valence-corrected chi connectivity index (χ2v) is 7.85. The van der Waals surface area contributed by atoms with E-state index in [1.807, 2.05) is 37.3 Å². The van der Waals surface area contributed by atoms with Crippen molar-refractivity contribution in [3.8, 4) is 11.1 Å². The first-order chi connectivity index (χ1) is 14.4. The normalized spacial score (nSPS) is 16.1. The van der Waals surface area contributed by atoms with Crippen molar-refractivity contribution in [2.75, 3.05) is 19.6 Å². The first kappa shape index (κ1) is 19.9. The third-order valence-corrected chi connectivity index (χ3v) is 5.64. The predicted octanol–water partition coefficient (Wildman–Crippen LogP) is 3.37. The van der Waals surface area contributed by atoms with Crippen LogP contribution < -0.4 is 10.9 Å². The van der Waals surface area contributed by atoms with Crippen LogP contribution in [0.4, 0.5) is 0 Å². The van der Waals surface area contributed by atoms with E-state index in [2.05, 4.69) is 5.32 Å². The quantitative estimate of drug-likeness (QED) is 0.676. The molecular weight excluding hydrogens is 380 g/mol. The lowest BCUT2D eigenvalue weighted by Crippen LogP contribution is -2.32. The lowest BCUT2D eigenvalue weighted by atomic mass is 9.97. The van der Waals surface area contributed by atoms with Crippen LogP contribution in [0.25, 0.3) is 22.1 Å². The second-order valence-electron chi connectivity index (χ2n) is 7.85. The Morgan fingerprint density at radius 2 is 1.93 bits per heavy atom. The Labute approximate surface area is 174 Å². The van der Waals surface area contributed by atoms with Crippen LogP contribution in [0.3, 0.4) is 0 Å². The number of hydrogen-bond donors (Lipinski definition) is 1. The van der Waals surface area contributed by atoms with Gasteiger partial charge in [-0.15, -0.1) is 0 Å². The summed E-state index contributed by atoms with van der Waals surface area (Å²) >= 11 is 0. The van der Waals surface area contributed by atoms with E-state index in [0.717, 1.165) is 28.5 Å². The maximum absolute atomic E-state index is 13.0. The average Bonchev–Trinajstić information content (AvgIpc) is 3.20. The molecular formula is C24H24N2O4. The van der Waals surface area contributed by atoms with Gasteiger partial charge in [0.1, 0.15) is 5.58 Å². The number of nitrogens with zero attached hydrogens (tertiary/aromatic N) is 1. The monoisotopic (exact) mass is 404 g/mol. The van der Waals surface area contributed by atoms with Crippen LogP contribution in [0.15, 0.2) is 57.7 Å². The first-order valence-corrected chi connectivity index (χ1v) is 10.1. The Bertz CT molecular complexity index is 1180. The molecule has 3 aromatic rings. The van der Waals surface area contributed by atoms with Gasteiger partial charge in [0.2, 0.25) is 5.91 Å². The van der Waals surface area contributed by atoms with Crippen molar-refractivity contribution in [2.24, 2.45) is 5.92 Å². The summed E-state index contributed by atoms with van der Waals surface area (Å²) in [7, 11) is 0. The van der Waals surface area contributed by atoms with Crippen molar-refractivity contribution in [1.82, 2.24) is 10.2 Å². The molecule has 0 radical (unpaired) electrons. The van der Waals surface area contributed by atoms with E-state index < -0.39 is 5.63 Å². The predicted molar refractivity (Wildman–Crippen MR) is 115 cm³/mol. The molecule has 2 aromatic carbocycles. The summed E-state index contributed by atoms with van der Waals surface area (Å²) < 4.78 is 5.43. The maximum atomic E-state index is 13.0. The average molecular weight is 404 g/mol. The van der Waals surface area contributed by atoms with Gasteiger partial charge in [-0.3, -0.25) is 9.59 Å². The van der Waals surface area contributed by atoms with Gasteiger partial charge < -0.3 is 14.6 Å². The van der Waals surface area contributed by atoms with Crippen molar-refractivity contribution >= 4 is 22.8 Å². The fourth-order valence-corrected chi connectivity index (χ4v) is 4.05. The van der Waals surface area contributed by atoms with Gasteiger partial charge in [-0.1, -0.05) is 24.3 Å². The third-order valence-electron chi connectivity index (χ3n) is 5.64. The van der Waals surface area contributed by atoms with Gasteiger partial charge in [0, 0.05) is 49.1 Å². The standard InChI is InChI=1S/C24H24N2O4/c1-15-5-3-4-6-19(15)21-12-23(28)30-22-11-18(7-8-20(21)22)24(29)26-10-9-17(14-26)13-25-16(2)27/h3-8,11-12,17H,9-10,13-14H2,1-2H3,(H,25,27). The van der Waals surface area contributed by atoms with E-state index in [4.69, 9.17) is 4.42 Å². The number of nitrogens with one attached hydrogen (secondary N) is 1. The second kappa shape index (κ2) is 8.14. The van der Waals surface area contributed by atoms with E-state index in [9.17, 15) is 14.4 Å². The van der Waals surface area contributed by atoms with Crippen LogP contribution in [0.2, 0.25) is 0 Å². The van der Waals surface area contributed by atoms with Crippen LogP contribution in [0, 0.1) is 12.8 Å². The van der Waals surface area contributed by atoms with E-state index in [1.54, 1.807) is 17.0 Å². The van der Waals surface area contributed by atoms with Gasteiger partial charge in [-0.25, -0.2) is 4.79 Å². The molecule has 0 saturated carbocycles. The molecule has 1 unspecified atom stereocenters. The fourth-order valence-electron chi connectivity index (χ4n) is 4.05. The minimum absolute atomic E-state index is 0.0613. The first-order valence-electron chi connectivity index (χ1n) is 10.1. The Kier molecular flexibility index (Phi) is 5.40. The number of carbonyl (C=O) groups is 2. The molecule has 30 heavy (non-hydrogen) atoms. The van der Waals surface area contributed by atoms with Crippen LogP contribution in [0.1, 0.15) is 29.3 Å². The van der Waals surface area contributed by atoms with Crippen molar-refractivity contribution < 1.29 is 14.0 Å². The molecule has 0 aliphatic carbocycles. The number of aryl methyl sites for hydroxylation is 1. The van der Waals surface area contributed by atoms with E-state index >= 15 is 0 Å². The highest BCUT2D eigenvalue weighted by Crippen LogP contribution is 2.30. The number of hydrogen-bond acceptors (Lipinski definition) is 4. The highest BCUT2D eigenvalue weighted by molar-refractivity contribution is 6.01. The zero-order chi connectivity index (χ0) is 21.3. The number of benzene rings is 2. The molecule has 6 heteroatoms. The molecule has 154 valence electrons. The van der Waals surface area contributed by atoms with Gasteiger partial charge in [0.15, 0.2) is 0 Å². The van der Waals surface area contributed by atoms with Crippen molar-refractivity contribution in [3.63, 3.8) is 0 Å². The summed E-state index contributed by atoms with van der Waals surface area (Å²) in [6, 6.07) is 14.7. The summed E-state index contributed by atoms with van der Waals surface area (Å²) in [5.41, 5.74) is 3.28. The lowest BCUT2D eigenvalue weighted by molar-refractivity contribution is -0.119. The van der Waals surface area contributed by atoms with Gasteiger partial charge in [-0.05, 0) is 48.6 Å². The summed E-state index contributed by atoms with van der Waals surface area (Å²) in [6.45, 7) is 5.31. The van der Waals surface area contributed by atoms with Crippen molar-refractivity contribution in [1.29, 1.82) is 0 Å². The number of fused-ring (bicyclic) bond motifs is 1. The Balaban J connectivity index is 1.63. The zero-order valence-electron chi connectivity index (χ0n) is 17.1. The number of carbonyl (C=O) groups excluding carboxylic acids is 2. The molecule has 1 atom stereocenters. The minimum Gasteiger partial charge on any atom is -0.423 e. The smallest absolute Gasteiger partial charge is 0.336 e. The van der Waals surface area contributed by atoms with Crippen molar-refractivity contribution in [3.05, 3.63) is 70.1 Å². The SMILES string of the molecule is CC(=O)NCC1CCN(C(=O)c2ccc3c(-c4ccccc4C)cc(=O)oc3c2)C1. The molecule has 2 amide bonds. The molecule has 6 nitrogen and oxygen atoms in total. The summed E-state index contributed by atoms with van der Waals surface area (Å²) in [5.74, 6) is 0.101. The molecule has 4 rings (SSSR count). The van der Waals surface area contributed by atoms with Crippen LogP contribution in [0.5, 0.6) is 0 Å². The largest absolute Gasteiger partial charge is 0.423 e. The fraction of sp³-hybridized carbons (Fsp3) is 0.292. The Morgan fingerprint density at radius 1 is 1.13 bits per heavy atom. The molecule has 1 aliphatic rings. The van der Waals surface area contributed by atoms with E-state index in [-0.39, 0.29) is 17.7 Å². The molecule has 1 saturated heterocycles. The lowest BCUT2D eigenvalue weighted by Gasteiger charge is -2.17. The zero-order valence-corrected chi connectivity index (χ0v) is 17.1. The number of likely N-dealkylation sites (tertiary alicyclic amines) is 1. The molecule has 1 aliphatic heterocycles. The molecule has 1 fully saturated rings. The third kappa shape index (κ3) is 3.99. The molecule has 0 bridgehead atoms. The molecule has 0 spiro atoms. The maximum Gasteiger partial charge on any atom is 0.336 e. The van der Waals surface area contributed by atoms with Crippen LogP contribution in [-0.2, 0) is 4.79 Å². The summed E-state index contributed by atoms with van der Waals surface area (Å²) in [5, 5.41) is 3.61. The van der Waals surface area contributed by atoms with Crippen LogP contribution in [-0.4, -0.2) is 36.3 Å². The topological polar surface area (TPSA) is 79.6 Å². The Morgan fingerprint density at radius 3 is 2.70 bits per heavy atom. The van der Waals surface area contributed by atoms with Crippen molar-refractivity contribution in [2.45, 2.75) is 20.3 Å². The van der Waals surface area contributed by atoms with Gasteiger partial charge in [-0.2, -0.15) is 0 Å².